The second kappa shape index (κ2) is 9.93. The summed E-state index contributed by atoms with van der Waals surface area (Å²) in [4.78, 5) is 11.2. The number of nitrogens with one attached hydrogen (secondary N) is 1. The number of hydrogen-bond donors (Lipinski definition) is 2. The third-order valence-electron chi connectivity index (χ3n) is 4.92. The molecular formula is C25H31NO2. The van der Waals surface area contributed by atoms with Crippen LogP contribution in [-0.2, 0) is 4.79 Å². The molecule has 0 aliphatic rings. The van der Waals surface area contributed by atoms with Crippen molar-refractivity contribution in [3.63, 3.8) is 0 Å². The molecule has 0 saturated heterocycles. The Morgan fingerprint density at radius 1 is 1.11 bits per heavy atom. The maximum atomic E-state index is 11.2. The largest absolute Gasteiger partial charge is 0.507 e. The third-order valence-corrected chi connectivity index (χ3v) is 4.92. The third kappa shape index (κ3) is 5.35. The Morgan fingerprint density at radius 2 is 1.79 bits per heavy atom. The van der Waals surface area contributed by atoms with Crippen molar-refractivity contribution in [3.8, 4) is 16.9 Å². The molecule has 0 heterocycles. The number of carbonyl (C=O) groups is 1. The van der Waals surface area contributed by atoms with E-state index in [4.69, 9.17) is 0 Å². The highest BCUT2D eigenvalue weighted by Crippen LogP contribution is 2.39. The second-order valence-corrected chi connectivity index (χ2v) is 7.23. The van der Waals surface area contributed by atoms with Gasteiger partial charge >= 0.3 is 0 Å². The summed E-state index contributed by atoms with van der Waals surface area (Å²) in [5, 5.41) is 13.9. The number of amides is 1. The fourth-order valence-corrected chi connectivity index (χ4v) is 3.28. The number of carbonyl (C=O) groups excluding carboxylic acids is 1. The molecule has 0 aliphatic carbocycles. The predicted molar refractivity (Wildman–Crippen MR) is 119 cm³/mol. The van der Waals surface area contributed by atoms with Crippen molar-refractivity contribution < 1.29 is 9.90 Å². The van der Waals surface area contributed by atoms with Crippen LogP contribution in [0.3, 0.4) is 0 Å². The molecule has 2 aromatic rings. The van der Waals surface area contributed by atoms with E-state index in [0.29, 0.717) is 11.7 Å². The van der Waals surface area contributed by atoms with Crippen LogP contribution in [0, 0.1) is 5.92 Å². The molecular weight excluding hydrogens is 346 g/mol. The fraction of sp³-hybridized carbons (Fsp3) is 0.320. The van der Waals surface area contributed by atoms with Crippen LogP contribution < -0.4 is 5.32 Å². The highest BCUT2D eigenvalue weighted by molar-refractivity contribution is 5.89. The normalized spacial score (nSPS) is 13.3. The van der Waals surface area contributed by atoms with Crippen molar-refractivity contribution in [2.45, 2.75) is 47.5 Å². The lowest BCUT2D eigenvalue weighted by molar-refractivity contribution is -0.114. The Morgan fingerprint density at radius 3 is 2.36 bits per heavy atom. The maximum Gasteiger partial charge on any atom is 0.221 e. The van der Waals surface area contributed by atoms with E-state index in [1.165, 1.54) is 12.5 Å². The Bertz CT molecular complexity index is 876. The monoisotopic (exact) mass is 377 g/mol. The van der Waals surface area contributed by atoms with Crippen LogP contribution >= 0.6 is 0 Å². The SMILES string of the molecule is CC/C=C(C)\C=C(\c1cccc(-c2ccc(NC(C)=O)cc2)c1O)C(C)CC. The minimum atomic E-state index is -0.101. The van der Waals surface area contributed by atoms with Gasteiger partial charge in [0.2, 0.25) is 5.91 Å². The van der Waals surface area contributed by atoms with Gasteiger partial charge in [-0.2, -0.15) is 0 Å². The molecule has 2 aromatic carbocycles. The summed E-state index contributed by atoms with van der Waals surface area (Å²) in [6, 6.07) is 13.4. The molecule has 1 unspecified atom stereocenters. The Labute approximate surface area is 168 Å². The van der Waals surface area contributed by atoms with E-state index in [-0.39, 0.29) is 5.91 Å². The molecule has 0 bridgehead atoms. The highest BCUT2D eigenvalue weighted by Gasteiger charge is 2.16. The lowest BCUT2D eigenvalue weighted by atomic mass is 9.88. The van der Waals surface area contributed by atoms with Crippen LogP contribution in [0.2, 0.25) is 0 Å². The lowest BCUT2D eigenvalue weighted by Crippen LogP contribution is -2.05. The van der Waals surface area contributed by atoms with Crippen molar-refractivity contribution in [1.29, 1.82) is 0 Å². The Balaban J connectivity index is 2.50. The first-order valence-corrected chi connectivity index (χ1v) is 9.96. The molecule has 0 saturated carbocycles. The fourth-order valence-electron chi connectivity index (χ4n) is 3.28. The maximum absolute atomic E-state index is 11.2. The predicted octanol–water partition coefficient (Wildman–Crippen LogP) is 6.80. The quantitative estimate of drug-likeness (QED) is 0.521. The van der Waals surface area contributed by atoms with E-state index in [0.717, 1.165) is 40.8 Å². The number of phenols is 1. The summed E-state index contributed by atoms with van der Waals surface area (Å²) in [6.45, 7) is 10.1. The molecule has 28 heavy (non-hydrogen) atoms. The van der Waals surface area contributed by atoms with Gasteiger partial charge in [0, 0.05) is 23.7 Å². The van der Waals surface area contributed by atoms with Crippen LogP contribution in [0.5, 0.6) is 5.75 Å². The van der Waals surface area contributed by atoms with Crippen molar-refractivity contribution in [3.05, 3.63) is 65.8 Å². The summed E-state index contributed by atoms with van der Waals surface area (Å²) < 4.78 is 0. The summed E-state index contributed by atoms with van der Waals surface area (Å²) in [7, 11) is 0. The Kier molecular flexibility index (Phi) is 7.62. The first kappa shape index (κ1) is 21.5. The smallest absolute Gasteiger partial charge is 0.221 e. The number of para-hydroxylation sites is 1. The molecule has 148 valence electrons. The zero-order chi connectivity index (χ0) is 20.7. The van der Waals surface area contributed by atoms with E-state index >= 15 is 0 Å². The second-order valence-electron chi connectivity index (χ2n) is 7.23. The van der Waals surface area contributed by atoms with Crippen molar-refractivity contribution in [1.82, 2.24) is 0 Å². The molecule has 0 radical (unpaired) electrons. The van der Waals surface area contributed by atoms with Gasteiger partial charge in [0.05, 0.1) is 0 Å². The van der Waals surface area contributed by atoms with Crippen molar-refractivity contribution in [2.75, 3.05) is 5.32 Å². The van der Waals surface area contributed by atoms with Crippen LogP contribution in [0.1, 0.15) is 53.0 Å². The molecule has 2 N–H and O–H groups in total. The average Bonchev–Trinajstić information content (AvgIpc) is 2.66. The van der Waals surface area contributed by atoms with Gasteiger partial charge < -0.3 is 10.4 Å². The number of hydrogen-bond acceptors (Lipinski definition) is 2. The molecule has 3 nitrogen and oxygen atoms in total. The van der Waals surface area contributed by atoms with Crippen LogP contribution in [0.4, 0.5) is 5.69 Å². The minimum absolute atomic E-state index is 0.101. The van der Waals surface area contributed by atoms with E-state index in [1.54, 1.807) is 0 Å². The van der Waals surface area contributed by atoms with Crippen LogP contribution in [0.15, 0.2) is 60.2 Å². The van der Waals surface area contributed by atoms with E-state index in [2.05, 4.69) is 45.2 Å². The van der Waals surface area contributed by atoms with E-state index < -0.39 is 0 Å². The van der Waals surface area contributed by atoms with Gasteiger partial charge in [0.25, 0.3) is 0 Å². The van der Waals surface area contributed by atoms with Gasteiger partial charge in [0.15, 0.2) is 0 Å². The molecule has 1 amide bonds. The molecule has 3 heteroatoms. The zero-order valence-electron chi connectivity index (χ0n) is 17.5. The van der Waals surface area contributed by atoms with E-state index in [9.17, 15) is 9.90 Å². The number of benzene rings is 2. The first-order valence-electron chi connectivity index (χ1n) is 9.96. The molecule has 0 aromatic heterocycles. The van der Waals surface area contributed by atoms with Gasteiger partial charge in [-0.05, 0) is 49.0 Å². The Hall–Kier alpha value is -2.81. The standard InChI is InChI=1S/C25H31NO2/c1-6-9-17(3)16-24(18(4)7-2)23-11-8-10-22(25(23)28)20-12-14-21(15-13-20)26-19(5)27/h8-16,18,28H,6-7H2,1-5H3,(H,26,27)/b17-9-,24-16+. The highest BCUT2D eigenvalue weighted by atomic mass is 16.3. The van der Waals surface area contributed by atoms with Crippen LogP contribution in [0.25, 0.3) is 16.7 Å². The van der Waals surface area contributed by atoms with Gasteiger partial charge in [-0.3, -0.25) is 4.79 Å². The van der Waals surface area contributed by atoms with Gasteiger partial charge in [-0.25, -0.2) is 0 Å². The number of phenolic OH excluding ortho intramolecular Hbond substituents is 1. The molecule has 0 aliphatic heterocycles. The number of aromatic hydroxyl groups is 1. The van der Waals surface area contributed by atoms with Gasteiger partial charge in [-0.15, -0.1) is 0 Å². The number of allylic oxidation sites excluding steroid dienone is 4. The number of anilines is 1. The number of rotatable bonds is 7. The lowest BCUT2D eigenvalue weighted by Gasteiger charge is -2.18. The molecule has 1 atom stereocenters. The molecule has 0 fully saturated rings. The average molecular weight is 378 g/mol. The van der Waals surface area contributed by atoms with Crippen molar-refractivity contribution in [2.24, 2.45) is 5.92 Å². The van der Waals surface area contributed by atoms with Crippen molar-refractivity contribution >= 4 is 17.2 Å². The van der Waals surface area contributed by atoms with Crippen LogP contribution in [-0.4, -0.2) is 11.0 Å². The topological polar surface area (TPSA) is 49.3 Å². The summed E-state index contributed by atoms with van der Waals surface area (Å²) in [5.41, 5.74) is 5.69. The first-order chi connectivity index (χ1) is 13.4. The zero-order valence-corrected chi connectivity index (χ0v) is 17.5. The molecule has 0 spiro atoms. The van der Waals surface area contributed by atoms with E-state index in [1.807, 2.05) is 42.5 Å². The summed E-state index contributed by atoms with van der Waals surface area (Å²) >= 11 is 0. The summed E-state index contributed by atoms with van der Waals surface area (Å²) in [6.07, 6.45) is 6.38. The summed E-state index contributed by atoms with van der Waals surface area (Å²) in [5.74, 6) is 0.533. The van der Waals surface area contributed by atoms with Gasteiger partial charge in [0.1, 0.15) is 5.75 Å². The van der Waals surface area contributed by atoms with Gasteiger partial charge in [-0.1, -0.05) is 68.8 Å². The minimum Gasteiger partial charge on any atom is -0.507 e. The molecule has 2 rings (SSSR count).